The Bertz CT molecular complexity index is 4180. The third-order valence-corrected chi connectivity index (χ3v) is 13.6. The first kappa shape index (κ1) is 42.5. The van der Waals surface area contributed by atoms with Gasteiger partial charge in [0, 0.05) is 38.9 Å². The van der Waals surface area contributed by atoms with Gasteiger partial charge >= 0.3 is 0 Å². The zero-order chi connectivity index (χ0) is 48.9. The first-order chi connectivity index (χ1) is 35.4. The van der Waals surface area contributed by atoms with Crippen molar-refractivity contribution in [1.82, 2.24) is 14.1 Å². The predicted octanol–water partition coefficient (Wildman–Crippen LogP) is 15.0. The van der Waals surface area contributed by atoms with E-state index in [0.717, 1.165) is 111 Å². The Balaban J connectivity index is 1.10. The lowest BCUT2D eigenvalue weighted by Gasteiger charge is -2.18. The second-order valence-corrected chi connectivity index (χ2v) is 17.6. The van der Waals surface area contributed by atoms with Gasteiger partial charge < -0.3 is 9.13 Å². The summed E-state index contributed by atoms with van der Waals surface area (Å²) in [6.45, 7) is 0. The van der Waals surface area contributed by atoms with Crippen molar-refractivity contribution in [3.63, 3.8) is 0 Å². The minimum absolute atomic E-state index is 0.504. The molecule has 0 radical (unpaired) electrons. The first-order valence-corrected chi connectivity index (χ1v) is 23.1. The van der Waals surface area contributed by atoms with Crippen LogP contribution < -0.4 is 0 Å². The minimum atomic E-state index is 0.504. The Morgan fingerprint density at radius 1 is 0.278 bits per heavy atom. The molecule has 3 aromatic heterocycles. The lowest BCUT2D eigenvalue weighted by molar-refractivity contribution is 1.13. The van der Waals surface area contributed by atoms with Crippen LogP contribution in [0.2, 0.25) is 0 Å². The van der Waals surface area contributed by atoms with Crippen molar-refractivity contribution in [1.29, 1.82) is 26.3 Å². The van der Waals surface area contributed by atoms with Crippen molar-refractivity contribution in [3.8, 4) is 97.4 Å². The summed E-state index contributed by atoms with van der Waals surface area (Å²) in [4.78, 5) is 4.76. The van der Waals surface area contributed by atoms with Gasteiger partial charge in [-0.25, -0.2) is 0 Å². The summed E-state index contributed by atoms with van der Waals surface area (Å²) >= 11 is 0. The topological polar surface area (TPSA) is 142 Å². The van der Waals surface area contributed by atoms with Gasteiger partial charge in [-0.2, -0.15) is 26.3 Å². The summed E-state index contributed by atoms with van der Waals surface area (Å²) in [6.07, 6.45) is 3.68. The van der Waals surface area contributed by atoms with Gasteiger partial charge in [-0.1, -0.05) is 72.8 Å². The molecule has 0 N–H and O–H groups in total. The number of fused-ring (bicyclic) bond motifs is 6. The third kappa shape index (κ3) is 7.17. The van der Waals surface area contributed by atoms with Gasteiger partial charge in [-0.3, -0.25) is 4.98 Å². The molecular formula is C64H34N8. The van der Waals surface area contributed by atoms with Gasteiger partial charge in [0.05, 0.1) is 97.8 Å². The van der Waals surface area contributed by atoms with Crippen molar-refractivity contribution < 1.29 is 0 Å². The third-order valence-electron chi connectivity index (χ3n) is 13.6. The number of rotatable bonds is 7. The van der Waals surface area contributed by atoms with E-state index in [0.29, 0.717) is 27.8 Å². The van der Waals surface area contributed by atoms with Crippen LogP contribution in [0, 0.1) is 56.7 Å². The van der Waals surface area contributed by atoms with E-state index in [4.69, 9.17) is 4.98 Å². The number of nitrogens with zero attached hydrogens (tertiary/aromatic N) is 8. The minimum Gasteiger partial charge on any atom is -0.309 e. The molecule has 0 bridgehead atoms. The van der Waals surface area contributed by atoms with Crippen LogP contribution >= 0.6 is 0 Å². The van der Waals surface area contributed by atoms with E-state index in [-0.39, 0.29) is 0 Å². The summed E-state index contributed by atoms with van der Waals surface area (Å²) in [5.41, 5.74) is 18.0. The van der Waals surface area contributed by atoms with E-state index >= 15 is 0 Å². The fourth-order valence-corrected chi connectivity index (χ4v) is 10.0. The second-order valence-electron chi connectivity index (χ2n) is 17.6. The van der Waals surface area contributed by atoms with Gasteiger partial charge in [0.25, 0.3) is 0 Å². The highest BCUT2D eigenvalue weighted by Gasteiger charge is 2.23. The number of pyridine rings is 1. The first-order valence-electron chi connectivity index (χ1n) is 23.1. The van der Waals surface area contributed by atoms with Crippen molar-refractivity contribution in [3.05, 3.63) is 234 Å². The molecule has 12 aromatic rings. The lowest BCUT2D eigenvalue weighted by Crippen LogP contribution is -2.02. The molecule has 0 saturated carbocycles. The Hall–Kier alpha value is -10.8. The average Bonchev–Trinajstić information content (AvgIpc) is 3.96. The molecule has 3 heterocycles. The molecule has 0 atom stereocenters. The highest BCUT2D eigenvalue weighted by atomic mass is 15.0. The maximum absolute atomic E-state index is 10.5. The van der Waals surface area contributed by atoms with Crippen LogP contribution in [0.3, 0.4) is 0 Å². The van der Waals surface area contributed by atoms with Gasteiger partial charge in [-0.05, 0) is 166 Å². The maximum atomic E-state index is 10.5. The van der Waals surface area contributed by atoms with E-state index in [9.17, 15) is 26.3 Å². The Morgan fingerprint density at radius 2 is 0.583 bits per heavy atom. The van der Waals surface area contributed by atoms with Gasteiger partial charge in [0.1, 0.15) is 0 Å². The van der Waals surface area contributed by atoms with E-state index in [2.05, 4.69) is 112 Å². The smallest absolute Gasteiger partial charge is 0.0991 e. The SMILES string of the molecule is N#Cc1ccc(-c2ccc3c(c2)c2cc(-c4ccc(C#N)cc4)ccc2n3-c2ccc(C#N)cc2-c2ccncc2-n2c3ccc(-c4ccc(C#N)cc4)cc3c3cc(-c4ccc(C#N)cc4)ccc32)cc1. The molecule has 0 aliphatic heterocycles. The quantitative estimate of drug-likeness (QED) is 0.156. The van der Waals surface area contributed by atoms with Crippen LogP contribution in [0.15, 0.2) is 207 Å². The Labute approximate surface area is 413 Å². The summed E-state index contributed by atoms with van der Waals surface area (Å²) in [6, 6.07) is 75.4. The number of hydrogen-bond acceptors (Lipinski definition) is 6. The van der Waals surface area contributed by atoms with Crippen molar-refractivity contribution >= 4 is 43.6 Å². The van der Waals surface area contributed by atoms with E-state index in [1.165, 1.54) is 0 Å². The highest BCUT2D eigenvalue weighted by molar-refractivity contribution is 6.14. The predicted molar refractivity (Wildman–Crippen MR) is 284 cm³/mol. The molecule has 0 aliphatic carbocycles. The van der Waals surface area contributed by atoms with Crippen molar-refractivity contribution in [2.45, 2.75) is 0 Å². The molecular weight excluding hydrogens is 881 g/mol. The Kier molecular flexibility index (Phi) is 10.3. The molecule has 330 valence electrons. The zero-order valence-corrected chi connectivity index (χ0v) is 38.2. The van der Waals surface area contributed by atoms with Crippen LogP contribution in [-0.4, -0.2) is 14.1 Å². The number of nitriles is 5. The fourth-order valence-electron chi connectivity index (χ4n) is 10.0. The summed E-state index contributed by atoms with van der Waals surface area (Å²) in [7, 11) is 0. The van der Waals surface area contributed by atoms with Gasteiger partial charge in [0.15, 0.2) is 0 Å². The normalized spacial score (nSPS) is 11.0. The maximum Gasteiger partial charge on any atom is 0.0991 e. The molecule has 72 heavy (non-hydrogen) atoms. The van der Waals surface area contributed by atoms with Crippen LogP contribution in [0.4, 0.5) is 0 Å². The van der Waals surface area contributed by atoms with E-state index in [1.54, 1.807) is 6.20 Å². The molecule has 8 nitrogen and oxygen atoms in total. The van der Waals surface area contributed by atoms with Crippen molar-refractivity contribution in [2.24, 2.45) is 0 Å². The number of hydrogen-bond donors (Lipinski definition) is 0. The lowest BCUT2D eigenvalue weighted by atomic mass is 9.99. The molecule has 9 aromatic carbocycles. The fraction of sp³-hybridized carbons (Fsp3) is 0. The van der Waals surface area contributed by atoms with Gasteiger partial charge in [0.2, 0.25) is 0 Å². The van der Waals surface area contributed by atoms with Crippen LogP contribution in [-0.2, 0) is 0 Å². The number of aromatic nitrogens is 3. The summed E-state index contributed by atoms with van der Waals surface area (Å²) in [5, 5.41) is 52.7. The highest BCUT2D eigenvalue weighted by Crippen LogP contribution is 2.44. The van der Waals surface area contributed by atoms with Crippen LogP contribution in [0.5, 0.6) is 0 Å². The molecule has 0 aliphatic rings. The largest absolute Gasteiger partial charge is 0.309 e. The summed E-state index contributed by atoms with van der Waals surface area (Å²) < 4.78 is 4.52. The van der Waals surface area contributed by atoms with Crippen LogP contribution in [0.1, 0.15) is 27.8 Å². The zero-order valence-electron chi connectivity index (χ0n) is 38.2. The van der Waals surface area contributed by atoms with Crippen LogP contribution in [0.25, 0.3) is 111 Å². The molecule has 12 rings (SSSR count). The molecule has 0 saturated heterocycles. The second kappa shape index (κ2) is 17.4. The molecule has 8 heteroatoms. The van der Waals surface area contributed by atoms with Crippen molar-refractivity contribution in [2.75, 3.05) is 0 Å². The molecule has 0 unspecified atom stereocenters. The number of benzene rings is 9. The molecule has 0 amide bonds. The van der Waals surface area contributed by atoms with Gasteiger partial charge in [-0.15, -0.1) is 0 Å². The van der Waals surface area contributed by atoms with E-state index in [1.807, 2.05) is 128 Å². The molecule has 0 spiro atoms. The van der Waals surface area contributed by atoms with E-state index < -0.39 is 0 Å². The molecule has 0 fully saturated rings. The standard InChI is InChI=1S/C64H34N8/c65-34-40-1-10-45(11-2-40)49-18-23-60-55(30-49)56-31-50(46-12-3-41(35-66)4-13-46)19-24-61(56)71(60)59-22-9-44(38-69)29-54(59)53-27-28-70-39-64(53)72-62-25-20-51(47-14-5-42(36-67)6-15-47)32-57(62)58-33-52(21-26-63(58)72)48-16-7-43(37-68)8-17-48/h1-33,39H. The summed E-state index contributed by atoms with van der Waals surface area (Å²) in [5.74, 6) is 0. The Morgan fingerprint density at radius 3 is 0.917 bits per heavy atom. The monoisotopic (exact) mass is 914 g/mol. The average molecular weight is 915 g/mol.